The van der Waals surface area contributed by atoms with Crippen molar-refractivity contribution in [3.8, 4) is 0 Å². The van der Waals surface area contributed by atoms with Gasteiger partial charge in [0.2, 0.25) is 0 Å². The van der Waals surface area contributed by atoms with E-state index in [1.165, 1.54) is 19.3 Å². The maximum absolute atomic E-state index is 5.48. The average molecular weight is 140 g/mol. The quantitative estimate of drug-likeness (QED) is 0.470. The SMILES string of the molecule is CC1CC(C)CC2(CO2)C1. The first-order chi connectivity index (χ1) is 4.70. The highest BCUT2D eigenvalue weighted by atomic mass is 16.6. The van der Waals surface area contributed by atoms with E-state index in [-0.39, 0.29) is 0 Å². The van der Waals surface area contributed by atoms with Gasteiger partial charge in [-0.25, -0.2) is 0 Å². The molecule has 2 rings (SSSR count). The molecule has 1 nitrogen and oxygen atoms in total. The van der Waals surface area contributed by atoms with E-state index in [0.717, 1.165) is 18.4 Å². The summed E-state index contributed by atoms with van der Waals surface area (Å²) >= 11 is 0. The van der Waals surface area contributed by atoms with Crippen LogP contribution >= 0.6 is 0 Å². The molecule has 1 heteroatoms. The van der Waals surface area contributed by atoms with Crippen molar-refractivity contribution in [2.75, 3.05) is 6.61 Å². The Bertz CT molecular complexity index is 126. The van der Waals surface area contributed by atoms with Crippen molar-refractivity contribution < 1.29 is 4.74 Å². The Hall–Kier alpha value is -0.0400. The third-order valence-electron chi connectivity index (χ3n) is 2.80. The van der Waals surface area contributed by atoms with E-state index in [2.05, 4.69) is 13.8 Å². The molecule has 0 bridgehead atoms. The first-order valence-electron chi connectivity index (χ1n) is 4.34. The van der Waals surface area contributed by atoms with Crippen LogP contribution in [0.25, 0.3) is 0 Å². The van der Waals surface area contributed by atoms with Gasteiger partial charge in [0, 0.05) is 0 Å². The smallest absolute Gasteiger partial charge is 0.0921 e. The van der Waals surface area contributed by atoms with Gasteiger partial charge in [-0.05, 0) is 31.1 Å². The second kappa shape index (κ2) is 1.97. The zero-order valence-corrected chi connectivity index (χ0v) is 6.89. The molecule has 1 aliphatic carbocycles. The van der Waals surface area contributed by atoms with Crippen LogP contribution in [0, 0.1) is 11.8 Å². The summed E-state index contributed by atoms with van der Waals surface area (Å²) in [5, 5.41) is 0. The second-order valence-electron chi connectivity index (χ2n) is 4.33. The standard InChI is InChI=1S/C9H16O/c1-7-3-8(2)5-9(4-7)6-10-9/h7-8H,3-6H2,1-2H3. The molecule has 10 heavy (non-hydrogen) atoms. The Morgan fingerprint density at radius 3 is 2.10 bits per heavy atom. The predicted octanol–water partition coefficient (Wildman–Crippen LogP) is 2.21. The van der Waals surface area contributed by atoms with Gasteiger partial charge in [-0.2, -0.15) is 0 Å². The number of epoxide rings is 1. The minimum Gasteiger partial charge on any atom is -0.370 e. The van der Waals surface area contributed by atoms with Crippen molar-refractivity contribution in [3.05, 3.63) is 0 Å². The topological polar surface area (TPSA) is 12.5 Å². The van der Waals surface area contributed by atoms with Crippen molar-refractivity contribution in [1.82, 2.24) is 0 Å². The number of rotatable bonds is 0. The summed E-state index contributed by atoms with van der Waals surface area (Å²) in [5.74, 6) is 1.79. The molecule has 1 spiro atoms. The maximum atomic E-state index is 5.48. The number of hydrogen-bond donors (Lipinski definition) is 0. The normalized spacial score (nSPS) is 53.4. The molecule has 0 N–H and O–H groups in total. The van der Waals surface area contributed by atoms with Crippen LogP contribution in [0.3, 0.4) is 0 Å². The molecule has 1 aliphatic heterocycles. The van der Waals surface area contributed by atoms with E-state index in [1.54, 1.807) is 0 Å². The molecule has 58 valence electrons. The summed E-state index contributed by atoms with van der Waals surface area (Å²) < 4.78 is 5.48. The van der Waals surface area contributed by atoms with Crippen LogP contribution in [-0.2, 0) is 4.74 Å². The van der Waals surface area contributed by atoms with E-state index in [4.69, 9.17) is 4.74 Å². The van der Waals surface area contributed by atoms with Gasteiger partial charge < -0.3 is 4.74 Å². The van der Waals surface area contributed by atoms with Gasteiger partial charge in [-0.15, -0.1) is 0 Å². The van der Waals surface area contributed by atoms with E-state index >= 15 is 0 Å². The summed E-state index contributed by atoms with van der Waals surface area (Å²) in [4.78, 5) is 0. The summed E-state index contributed by atoms with van der Waals surface area (Å²) in [6.07, 6.45) is 4.04. The van der Waals surface area contributed by atoms with Crippen molar-refractivity contribution in [1.29, 1.82) is 0 Å². The number of hydrogen-bond acceptors (Lipinski definition) is 1. The third-order valence-corrected chi connectivity index (χ3v) is 2.80. The van der Waals surface area contributed by atoms with Crippen LogP contribution in [0.4, 0.5) is 0 Å². The Morgan fingerprint density at radius 1 is 1.20 bits per heavy atom. The summed E-state index contributed by atoms with van der Waals surface area (Å²) in [7, 11) is 0. The summed E-state index contributed by atoms with van der Waals surface area (Å²) in [6.45, 7) is 5.74. The molecule has 2 atom stereocenters. The van der Waals surface area contributed by atoms with Gasteiger partial charge in [-0.1, -0.05) is 13.8 Å². The second-order valence-corrected chi connectivity index (χ2v) is 4.33. The van der Waals surface area contributed by atoms with Crippen LogP contribution in [0.1, 0.15) is 33.1 Å². The molecule has 0 amide bonds. The van der Waals surface area contributed by atoms with Crippen molar-refractivity contribution in [3.63, 3.8) is 0 Å². The highest BCUT2D eigenvalue weighted by molar-refractivity contribution is 4.97. The molecule has 1 saturated heterocycles. The monoisotopic (exact) mass is 140 g/mol. The van der Waals surface area contributed by atoms with Crippen LogP contribution in [0.15, 0.2) is 0 Å². The molecule has 0 aromatic rings. The highest BCUT2D eigenvalue weighted by Crippen LogP contribution is 2.46. The van der Waals surface area contributed by atoms with Gasteiger partial charge in [0.1, 0.15) is 0 Å². The molecule has 1 heterocycles. The lowest BCUT2D eigenvalue weighted by atomic mass is 9.77. The van der Waals surface area contributed by atoms with Crippen LogP contribution in [0.5, 0.6) is 0 Å². The van der Waals surface area contributed by atoms with E-state index in [0.29, 0.717) is 5.60 Å². The largest absolute Gasteiger partial charge is 0.370 e. The van der Waals surface area contributed by atoms with E-state index in [9.17, 15) is 0 Å². The summed E-state index contributed by atoms with van der Waals surface area (Å²) in [5.41, 5.74) is 0.372. The Morgan fingerprint density at radius 2 is 1.70 bits per heavy atom. The zero-order valence-electron chi connectivity index (χ0n) is 6.89. The van der Waals surface area contributed by atoms with Crippen molar-refractivity contribution >= 4 is 0 Å². The minimum absolute atomic E-state index is 0.372. The van der Waals surface area contributed by atoms with Gasteiger partial charge in [0.25, 0.3) is 0 Å². The fourth-order valence-electron chi connectivity index (χ4n) is 2.54. The average Bonchev–Trinajstić information content (AvgIpc) is 2.44. The maximum Gasteiger partial charge on any atom is 0.0921 e. The van der Waals surface area contributed by atoms with Gasteiger partial charge in [0.15, 0.2) is 0 Å². The molecule has 0 aromatic carbocycles. The molecular weight excluding hydrogens is 124 g/mol. The fourth-order valence-corrected chi connectivity index (χ4v) is 2.54. The molecule has 0 radical (unpaired) electrons. The Kier molecular flexibility index (Phi) is 1.31. The predicted molar refractivity (Wildman–Crippen MR) is 40.9 cm³/mol. The molecule has 0 aromatic heterocycles. The van der Waals surface area contributed by atoms with Crippen LogP contribution in [0.2, 0.25) is 0 Å². The van der Waals surface area contributed by atoms with Crippen molar-refractivity contribution in [2.24, 2.45) is 11.8 Å². The Labute approximate surface area is 62.8 Å². The first kappa shape index (κ1) is 6.66. The van der Waals surface area contributed by atoms with Gasteiger partial charge in [0.05, 0.1) is 12.2 Å². The molecule has 2 unspecified atom stereocenters. The minimum atomic E-state index is 0.372. The lowest BCUT2D eigenvalue weighted by Crippen LogP contribution is -2.26. The van der Waals surface area contributed by atoms with E-state index < -0.39 is 0 Å². The van der Waals surface area contributed by atoms with Crippen molar-refractivity contribution in [2.45, 2.75) is 38.7 Å². The molecule has 1 saturated carbocycles. The van der Waals surface area contributed by atoms with Gasteiger partial charge in [-0.3, -0.25) is 0 Å². The molecule has 2 fully saturated rings. The van der Waals surface area contributed by atoms with Crippen LogP contribution < -0.4 is 0 Å². The van der Waals surface area contributed by atoms with E-state index in [1.807, 2.05) is 0 Å². The lowest BCUT2D eigenvalue weighted by Gasteiger charge is -2.28. The molecule has 2 aliphatic rings. The summed E-state index contributed by atoms with van der Waals surface area (Å²) in [6, 6.07) is 0. The molecular formula is C9H16O. The zero-order chi connectivity index (χ0) is 7.19. The fraction of sp³-hybridized carbons (Fsp3) is 1.00. The number of ether oxygens (including phenoxy) is 1. The first-order valence-corrected chi connectivity index (χ1v) is 4.34. The van der Waals surface area contributed by atoms with Gasteiger partial charge >= 0.3 is 0 Å². The third kappa shape index (κ3) is 1.07. The van der Waals surface area contributed by atoms with Crippen LogP contribution in [-0.4, -0.2) is 12.2 Å². The highest BCUT2D eigenvalue weighted by Gasteiger charge is 2.48. The Balaban J connectivity index is 2.00. The lowest BCUT2D eigenvalue weighted by molar-refractivity contribution is 0.159.